The van der Waals surface area contributed by atoms with E-state index >= 15 is 0 Å². The first-order valence-electron chi connectivity index (χ1n) is 6.38. The van der Waals surface area contributed by atoms with Crippen LogP contribution in [0.2, 0.25) is 0 Å². The van der Waals surface area contributed by atoms with Crippen molar-refractivity contribution in [1.29, 1.82) is 0 Å². The van der Waals surface area contributed by atoms with Gasteiger partial charge < -0.3 is 4.42 Å². The predicted molar refractivity (Wildman–Crippen MR) is 79.2 cm³/mol. The van der Waals surface area contributed by atoms with E-state index in [1.807, 2.05) is 24.3 Å². The van der Waals surface area contributed by atoms with Crippen molar-refractivity contribution >= 4 is 21.7 Å². The zero-order valence-electron chi connectivity index (χ0n) is 10.3. The predicted octanol–water partition coefficient (Wildman–Crippen LogP) is 5.25. The lowest BCUT2D eigenvalue weighted by atomic mass is 10.1. The first kappa shape index (κ1) is 10.4. The normalized spacial score (nSPS) is 11.2. The van der Waals surface area contributed by atoms with E-state index in [-0.39, 0.29) is 0 Å². The van der Waals surface area contributed by atoms with E-state index < -0.39 is 0 Å². The van der Waals surface area contributed by atoms with Gasteiger partial charge >= 0.3 is 0 Å². The first-order chi connectivity index (χ1) is 9.42. The van der Waals surface area contributed by atoms with Gasteiger partial charge in [0.05, 0.1) is 0 Å². The molecule has 1 heterocycles. The highest BCUT2D eigenvalue weighted by Gasteiger charge is 2.08. The minimum Gasteiger partial charge on any atom is -0.456 e. The zero-order chi connectivity index (χ0) is 12.7. The molecule has 0 aliphatic rings. The lowest BCUT2D eigenvalue weighted by molar-refractivity contribution is 0.632. The van der Waals surface area contributed by atoms with Crippen LogP contribution in [0.5, 0.6) is 0 Å². The van der Waals surface area contributed by atoms with Gasteiger partial charge in [-0.3, -0.25) is 0 Å². The average Bonchev–Trinajstić information content (AvgIpc) is 2.93. The molecule has 0 saturated heterocycles. The Morgan fingerprint density at radius 1 is 0.632 bits per heavy atom. The van der Waals surface area contributed by atoms with E-state index in [9.17, 15) is 0 Å². The lowest BCUT2D eigenvalue weighted by Gasteiger charge is -1.96. The summed E-state index contributed by atoms with van der Waals surface area (Å²) in [6.07, 6.45) is 0. The van der Waals surface area contributed by atoms with Crippen LogP contribution >= 0.6 is 0 Å². The molecule has 1 nitrogen and oxygen atoms in total. The van der Waals surface area contributed by atoms with Crippen molar-refractivity contribution in [3.05, 3.63) is 72.8 Å². The van der Waals surface area contributed by atoms with Crippen LogP contribution < -0.4 is 0 Å². The maximum atomic E-state index is 5.96. The molecule has 0 aliphatic carbocycles. The average molecular weight is 244 g/mol. The van der Waals surface area contributed by atoms with E-state index in [0.717, 1.165) is 16.9 Å². The second kappa shape index (κ2) is 3.99. The first-order valence-corrected chi connectivity index (χ1v) is 6.38. The third kappa shape index (κ3) is 1.63. The van der Waals surface area contributed by atoms with Crippen LogP contribution in [0.15, 0.2) is 77.2 Å². The summed E-state index contributed by atoms with van der Waals surface area (Å²) in [4.78, 5) is 0. The summed E-state index contributed by atoms with van der Waals surface area (Å²) < 4.78 is 5.96. The molecule has 0 bridgehead atoms. The Bertz CT molecular complexity index is 857. The Morgan fingerprint density at radius 2 is 1.42 bits per heavy atom. The van der Waals surface area contributed by atoms with Gasteiger partial charge in [0.2, 0.25) is 0 Å². The maximum absolute atomic E-state index is 5.96. The quantitative estimate of drug-likeness (QED) is 0.445. The van der Waals surface area contributed by atoms with Crippen LogP contribution in [0.1, 0.15) is 0 Å². The number of rotatable bonds is 1. The Morgan fingerprint density at radius 3 is 2.32 bits per heavy atom. The fourth-order valence-electron chi connectivity index (χ4n) is 2.54. The molecule has 3 aromatic carbocycles. The van der Waals surface area contributed by atoms with Gasteiger partial charge in [0.15, 0.2) is 0 Å². The highest BCUT2D eigenvalue weighted by molar-refractivity contribution is 6.06. The standard InChI is InChI=1S/C18H12O/c1-2-7-14(8-3-1)18-12-16-15-9-5-4-6-13(15)10-11-17(16)19-18/h1-12H. The number of hydrogen-bond donors (Lipinski definition) is 0. The maximum Gasteiger partial charge on any atom is 0.135 e. The highest BCUT2D eigenvalue weighted by atomic mass is 16.3. The topological polar surface area (TPSA) is 13.1 Å². The summed E-state index contributed by atoms with van der Waals surface area (Å²) >= 11 is 0. The van der Waals surface area contributed by atoms with Crippen LogP contribution in [-0.4, -0.2) is 0 Å². The SMILES string of the molecule is c1ccc(-c2cc3c(ccc4ccccc43)o2)cc1. The summed E-state index contributed by atoms with van der Waals surface area (Å²) in [6, 6.07) is 24.9. The summed E-state index contributed by atoms with van der Waals surface area (Å²) in [6.45, 7) is 0. The van der Waals surface area contributed by atoms with Gasteiger partial charge in [-0.15, -0.1) is 0 Å². The molecule has 0 spiro atoms. The van der Waals surface area contributed by atoms with E-state index in [1.54, 1.807) is 0 Å². The summed E-state index contributed by atoms with van der Waals surface area (Å²) in [7, 11) is 0. The van der Waals surface area contributed by atoms with Crippen molar-refractivity contribution in [2.75, 3.05) is 0 Å². The largest absolute Gasteiger partial charge is 0.456 e. The van der Waals surface area contributed by atoms with Crippen LogP contribution in [-0.2, 0) is 0 Å². The van der Waals surface area contributed by atoms with Gasteiger partial charge in [-0.1, -0.05) is 60.7 Å². The molecule has 0 unspecified atom stereocenters. The molecule has 0 N–H and O–H groups in total. The minimum atomic E-state index is 0.923. The van der Waals surface area contributed by atoms with Crippen LogP contribution in [0.3, 0.4) is 0 Å². The third-order valence-corrected chi connectivity index (χ3v) is 3.48. The molecule has 0 atom stereocenters. The van der Waals surface area contributed by atoms with E-state index in [2.05, 4.69) is 48.5 Å². The number of hydrogen-bond acceptors (Lipinski definition) is 1. The summed E-state index contributed by atoms with van der Waals surface area (Å²) in [5.74, 6) is 0.923. The monoisotopic (exact) mass is 244 g/mol. The Balaban J connectivity index is 2.04. The minimum absolute atomic E-state index is 0.923. The number of furan rings is 1. The van der Waals surface area contributed by atoms with Gasteiger partial charge in [0.1, 0.15) is 11.3 Å². The third-order valence-electron chi connectivity index (χ3n) is 3.48. The van der Waals surface area contributed by atoms with E-state index in [4.69, 9.17) is 4.42 Å². The molecule has 0 saturated carbocycles. The lowest BCUT2D eigenvalue weighted by Crippen LogP contribution is -1.71. The van der Waals surface area contributed by atoms with E-state index in [1.165, 1.54) is 16.2 Å². The second-order valence-corrected chi connectivity index (χ2v) is 4.68. The van der Waals surface area contributed by atoms with Crippen molar-refractivity contribution in [2.45, 2.75) is 0 Å². The molecule has 0 radical (unpaired) electrons. The van der Waals surface area contributed by atoms with Gasteiger partial charge in [-0.25, -0.2) is 0 Å². The second-order valence-electron chi connectivity index (χ2n) is 4.68. The Labute approximate surface area is 111 Å². The molecular weight excluding hydrogens is 232 g/mol. The van der Waals surface area contributed by atoms with Gasteiger partial charge in [-0.05, 0) is 22.9 Å². The molecule has 4 rings (SSSR count). The van der Waals surface area contributed by atoms with Gasteiger partial charge in [0.25, 0.3) is 0 Å². The van der Waals surface area contributed by atoms with Crippen molar-refractivity contribution in [3.63, 3.8) is 0 Å². The Kier molecular flexibility index (Phi) is 2.18. The van der Waals surface area contributed by atoms with Gasteiger partial charge in [0, 0.05) is 10.9 Å². The summed E-state index contributed by atoms with van der Waals surface area (Å²) in [5.41, 5.74) is 2.06. The van der Waals surface area contributed by atoms with Crippen molar-refractivity contribution in [3.8, 4) is 11.3 Å². The zero-order valence-corrected chi connectivity index (χ0v) is 10.3. The molecule has 4 aromatic rings. The molecule has 1 aromatic heterocycles. The number of benzene rings is 3. The van der Waals surface area contributed by atoms with Crippen LogP contribution in [0.25, 0.3) is 33.1 Å². The molecule has 0 fully saturated rings. The fourth-order valence-corrected chi connectivity index (χ4v) is 2.54. The van der Waals surface area contributed by atoms with Crippen LogP contribution in [0.4, 0.5) is 0 Å². The highest BCUT2D eigenvalue weighted by Crippen LogP contribution is 2.32. The molecule has 0 aliphatic heterocycles. The van der Waals surface area contributed by atoms with Crippen molar-refractivity contribution < 1.29 is 4.42 Å². The molecule has 19 heavy (non-hydrogen) atoms. The Hall–Kier alpha value is -2.54. The van der Waals surface area contributed by atoms with Crippen LogP contribution in [0, 0.1) is 0 Å². The van der Waals surface area contributed by atoms with Crippen molar-refractivity contribution in [2.24, 2.45) is 0 Å². The molecule has 0 amide bonds. The molecule has 1 heteroatoms. The molecular formula is C18H12O. The smallest absolute Gasteiger partial charge is 0.135 e. The number of fused-ring (bicyclic) bond motifs is 3. The van der Waals surface area contributed by atoms with Gasteiger partial charge in [-0.2, -0.15) is 0 Å². The van der Waals surface area contributed by atoms with E-state index in [0.29, 0.717) is 0 Å². The molecule has 90 valence electrons. The fraction of sp³-hybridized carbons (Fsp3) is 0. The summed E-state index contributed by atoms with van der Waals surface area (Å²) in [5, 5.41) is 3.67. The van der Waals surface area contributed by atoms with Crippen molar-refractivity contribution in [1.82, 2.24) is 0 Å².